The van der Waals surface area contributed by atoms with Gasteiger partial charge in [0.15, 0.2) is 0 Å². The first kappa shape index (κ1) is 19.3. The number of fused-ring (bicyclic) bond motifs is 1. The number of hydrogen-bond acceptors (Lipinski definition) is 4. The van der Waals surface area contributed by atoms with Crippen molar-refractivity contribution in [2.45, 2.75) is 52.1 Å². The fraction of sp³-hybridized carbons (Fsp3) is 0.440. The minimum Gasteiger partial charge on any atom is -0.334 e. The van der Waals surface area contributed by atoms with Crippen molar-refractivity contribution < 1.29 is 0 Å². The summed E-state index contributed by atoms with van der Waals surface area (Å²) in [6, 6.07) is 4.67. The van der Waals surface area contributed by atoms with Gasteiger partial charge < -0.3 is 4.90 Å². The first-order valence-corrected chi connectivity index (χ1v) is 11.3. The number of pyridine rings is 1. The molecule has 0 radical (unpaired) electrons. The monoisotopic (exact) mass is 401 g/mol. The summed E-state index contributed by atoms with van der Waals surface area (Å²) in [6.07, 6.45) is 19.9. The highest BCUT2D eigenvalue weighted by Crippen LogP contribution is 2.37. The number of allylic oxidation sites excluding steroid dienone is 3. The maximum Gasteiger partial charge on any atom is 0.0919 e. The third-order valence-electron chi connectivity index (χ3n) is 6.50. The number of likely N-dealkylation sites (tertiary alicyclic amines) is 1. The Balaban J connectivity index is 1.36. The minimum absolute atomic E-state index is 0.544. The van der Waals surface area contributed by atoms with Crippen molar-refractivity contribution >= 4 is 17.1 Å². The lowest BCUT2D eigenvalue weighted by Gasteiger charge is -2.26. The zero-order valence-electron chi connectivity index (χ0n) is 18.0. The average Bonchev–Trinajstić information content (AvgIpc) is 3.48. The number of unbranched alkanes of at least 4 members (excludes halogenated alkanes) is 1. The molecule has 2 atom stereocenters. The number of aromatic nitrogens is 3. The van der Waals surface area contributed by atoms with Gasteiger partial charge in [0.1, 0.15) is 0 Å². The van der Waals surface area contributed by atoms with E-state index in [2.05, 4.69) is 69.9 Å². The molecule has 5 heteroatoms. The molecular weight excluding hydrogens is 370 g/mol. The lowest BCUT2D eigenvalue weighted by atomic mass is 10.1. The molecule has 3 aliphatic rings. The Morgan fingerprint density at radius 1 is 1.30 bits per heavy atom. The van der Waals surface area contributed by atoms with Gasteiger partial charge in [-0.05, 0) is 49.9 Å². The largest absolute Gasteiger partial charge is 0.334 e. The van der Waals surface area contributed by atoms with Crippen LogP contribution >= 0.6 is 0 Å². The van der Waals surface area contributed by atoms with Crippen LogP contribution in [0.2, 0.25) is 0 Å². The van der Waals surface area contributed by atoms with E-state index in [9.17, 15) is 0 Å². The number of nitrogens with zero attached hydrogens (tertiary/aromatic N) is 5. The topological polar surface area (TPSA) is 37.2 Å². The highest BCUT2D eigenvalue weighted by molar-refractivity contribution is 5.84. The predicted molar refractivity (Wildman–Crippen MR) is 123 cm³/mol. The van der Waals surface area contributed by atoms with E-state index in [4.69, 9.17) is 5.10 Å². The first-order valence-electron chi connectivity index (χ1n) is 11.3. The van der Waals surface area contributed by atoms with Crippen LogP contribution in [-0.2, 0) is 6.54 Å². The molecule has 0 saturated carbocycles. The predicted octanol–water partition coefficient (Wildman–Crippen LogP) is 4.95. The van der Waals surface area contributed by atoms with Crippen molar-refractivity contribution in [3.8, 4) is 0 Å². The molecule has 0 aromatic carbocycles. The van der Waals surface area contributed by atoms with Crippen LogP contribution in [0.5, 0.6) is 0 Å². The van der Waals surface area contributed by atoms with E-state index in [1.165, 1.54) is 36.5 Å². The second kappa shape index (κ2) is 8.23. The third-order valence-corrected chi connectivity index (χ3v) is 6.50. The molecule has 0 bridgehead atoms. The molecule has 1 saturated heterocycles. The van der Waals surface area contributed by atoms with Crippen LogP contribution in [0.3, 0.4) is 0 Å². The van der Waals surface area contributed by atoms with Crippen molar-refractivity contribution in [2.24, 2.45) is 5.92 Å². The van der Waals surface area contributed by atoms with Crippen molar-refractivity contribution in [3.05, 3.63) is 66.3 Å². The van der Waals surface area contributed by atoms with Gasteiger partial charge in [0, 0.05) is 36.2 Å². The highest BCUT2D eigenvalue weighted by atomic mass is 15.3. The Morgan fingerprint density at radius 3 is 2.93 bits per heavy atom. The Hall–Kier alpha value is -2.66. The summed E-state index contributed by atoms with van der Waals surface area (Å²) in [7, 11) is 0. The van der Waals surface area contributed by atoms with Crippen LogP contribution in [-0.4, -0.2) is 38.8 Å². The first-order chi connectivity index (χ1) is 14.7. The van der Waals surface area contributed by atoms with Crippen molar-refractivity contribution in [2.75, 3.05) is 18.0 Å². The van der Waals surface area contributed by atoms with Crippen molar-refractivity contribution in [3.63, 3.8) is 0 Å². The molecule has 2 aromatic heterocycles. The van der Waals surface area contributed by atoms with E-state index in [-0.39, 0.29) is 0 Å². The summed E-state index contributed by atoms with van der Waals surface area (Å²) in [5.74, 6) is 0.828. The average molecular weight is 402 g/mol. The molecule has 1 fully saturated rings. The molecule has 5 nitrogen and oxygen atoms in total. The highest BCUT2D eigenvalue weighted by Gasteiger charge is 2.29. The van der Waals surface area contributed by atoms with Crippen LogP contribution in [0.1, 0.15) is 50.8 Å². The maximum absolute atomic E-state index is 4.96. The summed E-state index contributed by atoms with van der Waals surface area (Å²) in [5.41, 5.74) is 5.97. The lowest BCUT2D eigenvalue weighted by molar-refractivity contribution is 0.275. The molecule has 0 spiro atoms. The van der Waals surface area contributed by atoms with E-state index in [0.29, 0.717) is 6.04 Å². The van der Waals surface area contributed by atoms with Crippen molar-refractivity contribution in [1.29, 1.82) is 0 Å². The van der Waals surface area contributed by atoms with Gasteiger partial charge >= 0.3 is 0 Å². The van der Waals surface area contributed by atoms with Crippen LogP contribution in [0.4, 0.5) is 5.69 Å². The number of rotatable bonds is 5. The maximum atomic E-state index is 4.96. The molecular formula is C25H31N5. The number of anilines is 1. The van der Waals surface area contributed by atoms with E-state index in [1.807, 2.05) is 18.5 Å². The van der Waals surface area contributed by atoms with Crippen molar-refractivity contribution in [1.82, 2.24) is 19.7 Å². The van der Waals surface area contributed by atoms with E-state index >= 15 is 0 Å². The molecule has 1 aliphatic carbocycles. The molecule has 2 aliphatic heterocycles. The summed E-state index contributed by atoms with van der Waals surface area (Å²) >= 11 is 0. The van der Waals surface area contributed by atoms with Crippen LogP contribution in [0.15, 0.2) is 55.0 Å². The zero-order chi connectivity index (χ0) is 20.5. The second-order valence-electron chi connectivity index (χ2n) is 8.79. The minimum atomic E-state index is 0.544. The third kappa shape index (κ3) is 3.63. The van der Waals surface area contributed by atoms with Gasteiger partial charge in [0.25, 0.3) is 0 Å². The Labute approximate surface area is 179 Å². The molecule has 156 valence electrons. The van der Waals surface area contributed by atoms with Gasteiger partial charge in [-0.1, -0.05) is 38.5 Å². The fourth-order valence-electron chi connectivity index (χ4n) is 4.81. The number of hydrogen-bond donors (Lipinski definition) is 0. The molecule has 30 heavy (non-hydrogen) atoms. The molecule has 0 N–H and O–H groups in total. The van der Waals surface area contributed by atoms with Gasteiger partial charge in [-0.25, -0.2) is 4.68 Å². The lowest BCUT2D eigenvalue weighted by Crippen LogP contribution is -2.32. The smallest absolute Gasteiger partial charge is 0.0919 e. The molecule has 1 unspecified atom stereocenters. The van der Waals surface area contributed by atoms with Crippen LogP contribution in [0.25, 0.3) is 11.4 Å². The summed E-state index contributed by atoms with van der Waals surface area (Å²) in [5, 5.41) is 4.96. The van der Waals surface area contributed by atoms with Gasteiger partial charge in [-0.2, -0.15) is 5.10 Å². The van der Waals surface area contributed by atoms with E-state index in [0.717, 1.165) is 43.1 Å². The normalized spacial score (nSPS) is 25.2. The SMILES string of the molecule is CCCC=C1c2cn(C3=CCC(N4CC[C@H](C)C4)C=C3)nc2CN1c1cccnc1. The quantitative estimate of drug-likeness (QED) is 0.710. The second-order valence-corrected chi connectivity index (χ2v) is 8.79. The van der Waals surface area contributed by atoms with Gasteiger partial charge in [0.2, 0.25) is 0 Å². The Morgan fingerprint density at radius 2 is 2.23 bits per heavy atom. The Bertz CT molecular complexity index is 984. The zero-order valence-corrected chi connectivity index (χ0v) is 18.0. The van der Waals surface area contributed by atoms with Gasteiger partial charge in [-0.15, -0.1) is 0 Å². The van der Waals surface area contributed by atoms with E-state index in [1.54, 1.807) is 0 Å². The van der Waals surface area contributed by atoms with E-state index < -0.39 is 0 Å². The van der Waals surface area contributed by atoms with Crippen LogP contribution in [0, 0.1) is 5.92 Å². The summed E-state index contributed by atoms with van der Waals surface area (Å²) in [6.45, 7) is 7.83. The molecule has 0 amide bonds. The fourth-order valence-corrected chi connectivity index (χ4v) is 4.81. The Kier molecular flexibility index (Phi) is 5.30. The van der Waals surface area contributed by atoms with Gasteiger partial charge in [0.05, 0.1) is 29.8 Å². The standard InChI is InChI=1S/C25H31N5/c1-3-4-7-25-23-17-30(27-24(23)18-29(25)22-6-5-13-26-15-22)21-10-8-20(9-11-21)28-14-12-19(2)16-28/h5-8,10-11,13,15,17,19-20H,3-4,9,12,14,16,18H2,1-2H3/t19-,20?/m0/s1. The van der Waals surface area contributed by atoms with Gasteiger partial charge in [-0.3, -0.25) is 9.88 Å². The summed E-state index contributed by atoms with van der Waals surface area (Å²) in [4.78, 5) is 9.26. The molecule has 2 aromatic rings. The van der Waals surface area contributed by atoms with Crippen LogP contribution < -0.4 is 4.90 Å². The summed E-state index contributed by atoms with van der Waals surface area (Å²) < 4.78 is 2.07. The molecule has 4 heterocycles. The molecule has 5 rings (SSSR count).